The Morgan fingerprint density at radius 2 is 1.82 bits per heavy atom. The molecule has 210 valence electrons. The van der Waals surface area contributed by atoms with Gasteiger partial charge in [0, 0.05) is 32.4 Å². The molecule has 3 aromatic heterocycles. The number of anilines is 1. The third-order valence-corrected chi connectivity index (χ3v) is 8.99. The summed E-state index contributed by atoms with van der Waals surface area (Å²) in [4.78, 5) is 53.0. The van der Waals surface area contributed by atoms with E-state index in [1.54, 1.807) is 11.8 Å². The maximum atomic E-state index is 13.5. The molecule has 0 saturated carbocycles. The first-order chi connectivity index (χ1) is 19.1. The highest BCUT2D eigenvalue weighted by atomic mass is 32.1. The second kappa shape index (κ2) is 9.72. The number of hydrogen-bond donors (Lipinski definition) is 0. The fraction of sp³-hybridized carbons (Fsp3) is 0.483. The Bertz CT molecular complexity index is 1700. The molecule has 1 spiro atoms. The summed E-state index contributed by atoms with van der Waals surface area (Å²) in [5.41, 5.74) is 0.516. The number of rotatable bonds is 3. The highest BCUT2D eigenvalue weighted by molar-refractivity contribution is 7.24. The summed E-state index contributed by atoms with van der Waals surface area (Å²) < 4.78 is 13.6. The fourth-order valence-corrected chi connectivity index (χ4v) is 7.00. The average molecular weight is 564 g/mol. The van der Waals surface area contributed by atoms with Crippen molar-refractivity contribution in [1.29, 1.82) is 0 Å². The number of benzene rings is 1. The first-order valence-electron chi connectivity index (χ1n) is 13.7. The van der Waals surface area contributed by atoms with Crippen molar-refractivity contribution < 1.29 is 19.1 Å². The summed E-state index contributed by atoms with van der Waals surface area (Å²) >= 11 is 1.38. The molecule has 2 aliphatic rings. The van der Waals surface area contributed by atoms with Crippen LogP contribution in [0.2, 0.25) is 0 Å². The lowest BCUT2D eigenvalue weighted by Crippen LogP contribution is -2.46. The Balaban J connectivity index is 1.33. The minimum absolute atomic E-state index is 0.0174. The smallest absolute Gasteiger partial charge is 0.410 e. The zero-order valence-electron chi connectivity index (χ0n) is 23.2. The molecule has 1 amide bonds. The second-order valence-corrected chi connectivity index (χ2v) is 12.7. The van der Waals surface area contributed by atoms with Crippen LogP contribution >= 0.6 is 11.3 Å². The van der Waals surface area contributed by atoms with Gasteiger partial charge >= 0.3 is 12.1 Å². The van der Waals surface area contributed by atoms with E-state index >= 15 is 0 Å². The van der Waals surface area contributed by atoms with E-state index in [9.17, 15) is 14.4 Å². The lowest BCUT2D eigenvalue weighted by Gasteiger charge is -2.39. The van der Waals surface area contributed by atoms with Crippen LogP contribution in [0, 0.1) is 5.41 Å². The topological polar surface area (TPSA) is 106 Å². The lowest BCUT2D eigenvalue weighted by molar-refractivity contribution is 0.0121. The highest BCUT2D eigenvalue weighted by Gasteiger charge is 2.43. The first-order valence-corrected chi connectivity index (χ1v) is 14.5. The number of piperidine rings is 1. The minimum Gasteiger partial charge on any atom is -0.462 e. The molecule has 0 atom stereocenters. The highest BCUT2D eigenvalue weighted by Crippen LogP contribution is 2.42. The van der Waals surface area contributed by atoms with Crippen molar-refractivity contribution in [1.82, 2.24) is 19.3 Å². The zero-order valence-corrected chi connectivity index (χ0v) is 24.0. The maximum Gasteiger partial charge on any atom is 0.410 e. The second-order valence-electron chi connectivity index (χ2n) is 11.7. The van der Waals surface area contributed by atoms with Crippen LogP contribution in [0.1, 0.15) is 57.3 Å². The minimum atomic E-state index is -0.637. The Morgan fingerprint density at radius 3 is 2.55 bits per heavy atom. The van der Waals surface area contributed by atoms with Crippen molar-refractivity contribution in [3.05, 3.63) is 46.2 Å². The lowest BCUT2D eigenvalue weighted by atomic mass is 9.78. The molecule has 11 heteroatoms. The van der Waals surface area contributed by atoms with E-state index in [-0.39, 0.29) is 29.1 Å². The average Bonchev–Trinajstić information content (AvgIpc) is 3.50. The van der Waals surface area contributed by atoms with E-state index in [4.69, 9.17) is 14.5 Å². The van der Waals surface area contributed by atoms with Crippen LogP contribution in [0.5, 0.6) is 0 Å². The quantitative estimate of drug-likeness (QED) is 0.325. The molecule has 10 nitrogen and oxygen atoms in total. The Hall–Kier alpha value is -3.73. The van der Waals surface area contributed by atoms with E-state index in [0.29, 0.717) is 29.5 Å². The number of carbonyl (C=O) groups excluding carboxylic acids is 2. The molecule has 2 saturated heterocycles. The molecule has 5 heterocycles. The van der Waals surface area contributed by atoms with Crippen LogP contribution in [0.4, 0.5) is 10.7 Å². The number of fused-ring (bicyclic) bond motifs is 5. The van der Waals surface area contributed by atoms with Crippen LogP contribution in [-0.2, 0) is 9.47 Å². The molecule has 0 aliphatic carbocycles. The van der Waals surface area contributed by atoms with Crippen molar-refractivity contribution in [3.63, 3.8) is 0 Å². The van der Waals surface area contributed by atoms with E-state index < -0.39 is 17.0 Å². The van der Waals surface area contributed by atoms with Gasteiger partial charge in [-0.25, -0.2) is 14.6 Å². The van der Waals surface area contributed by atoms with Crippen LogP contribution in [0.15, 0.2) is 35.3 Å². The number of esters is 1. The van der Waals surface area contributed by atoms with Crippen molar-refractivity contribution in [2.75, 3.05) is 37.7 Å². The normalized spacial score (nSPS) is 17.3. The van der Waals surface area contributed by atoms with E-state index in [2.05, 4.69) is 9.88 Å². The van der Waals surface area contributed by atoms with Gasteiger partial charge < -0.3 is 19.3 Å². The summed E-state index contributed by atoms with van der Waals surface area (Å²) in [5, 5.41) is 0.285. The largest absolute Gasteiger partial charge is 0.462 e. The fourth-order valence-electron chi connectivity index (χ4n) is 5.83. The number of carbonyl (C=O) groups is 2. The molecule has 6 rings (SSSR count). The van der Waals surface area contributed by atoms with Gasteiger partial charge in [0.15, 0.2) is 5.65 Å². The van der Waals surface area contributed by atoms with E-state index in [1.165, 1.54) is 17.5 Å². The van der Waals surface area contributed by atoms with Crippen molar-refractivity contribution in [2.24, 2.45) is 5.41 Å². The van der Waals surface area contributed by atoms with Gasteiger partial charge in [-0.15, -0.1) is 11.3 Å². The number of pyridine rings is 1. The number of ether oxygens (including phenoxy) is 2. The maximum absolute atomic E-state index is 13.5. The van der Waals surface area contributed by atoms with Gasteiger partial charge in [-0.3, -0.25) is 9.20 Å². The number of para-hydroxylation sites is 1. The Labute approximate surface area is 235 Å². The Kier molecular flexibility index (Phi) is 6.44. The SMILES string of the molecule is CCOC(=O)c1c(=O)c2cnc(N3CCC4(CCN(C(=O)OC(C)(C)C)CC4)C3)nc2n2c1sc1ccccc12. The van der Waals surface area contributed by atoms with Gasteiger partial charge in [0.25, 0.3) is 0 Å². The van der Waals surface area contributed by atoms with Crippen LogP contribution in [0.25, 0.3) is 26.1 Å². The third-order valence-electron chi connectivity index (χ3n) is 7.85. The molecule has 4 aromatic rings. The summed E-state index contributed by atoms with van der Waals surface area (Å²) in [6.45, 7) is 10.4. The molecular formula is C29H33N5O5S. The zero-order chi connectivity index (χ0) is 28.2. The van der Waals surface area contributed by atoms with Gasteiger partial charge in [0.2, 0.25) is 11.4 Å². The van der Waals surface area contributed by atoms with Gasteiger partial charge in [-0.2, -0.15) is 4.98 Å². The standard InChI is InChI=1S/C29H33N5O5S/c1-5-38-25(36)21-22(35)18-16-30-26(31-23(18)34-19-8-6-7-9-20(19)40-24(21)34)33-15-12-29(17-33)10-13-32(14-11-29)27(37)39-28(2,3)4/h6-9,16H,5,10-15,17H2,1-4H3. The first kappa shape index (κ1) is 26.5. The van der Waals surface area contributed by atoms with Crippen LogP contribution < -0.4 is 10.3 Å². The van der Waals surface area contributed by atoms with Crippen LogP contribution in [0.3, 0.4) is 0 Å². The predicted octanol–water partition coefficient (Wildman–Crippen LogP) is 4.86. The molecular weight excluding hydrogens is 530 g/mol. The molecule has 2 aliphatic heterocycles. The molecule has 0 bridgehead atoms. The van der Waals surface area contributed by atoms with Crippen molar-refractivity contribution in [3.8, 4) is 0 Å². The van der Waals surface area contributed by atoms with Crippen molar-refractivity contribution >= 4 is 55.4 Å². The Morgan fingerprint density at radius 1 is 1.10 bits per heavy atom. The van der Waals surface area contributed by atoms with Gasteiger partial charge in [0.05, 0.1) is 22.2 Å². The van der Waals surface area contributed by atoms with Gasteiger partial charge in [-0.1, -0.05) is 12.1 Å². The molecule has 0 unspecified atom stereocenters. The molecule has 0 radical (unpaired) electrons. The summed E-state index contributed by atoms with van der Waals surface area (Å²) in [5.74, 6) is -0.0759. The third kappa shape index (κ3) is 4.55. The van der Waals surface area contributed by atoms with E-state index in [0.717, 1.165) is 42.6 Å². The predicted molar refractivity (Wildman–Crippen MR) is 154 cm³/mol. The molecule has 1 aromatic carbocycles. The van der Waals surface area contributed by atoms with Gasteiger partial charge in [0.1, 0.15) is 16.0 Å². The summed E-state index contributed by atoms with van der Waals surface area (Å²) in [6.07, 6.45) is 4.04. The summed E-state index contributed by atoms with van der Waals surface area (Å²) in [7, 11) is 0. The molecule has 40 heavy (non-hydrogen) atoms. The number of nitrogens with zero attached hydrogens (tertiary/aromatic N) is 5. The van der Waals surface area contributed by atoms with Crippen molar-refractivity contribution in [2.45, 2.75) is 52.6 Å². The number of amides is 1. The van der Waals surface area contributed by atoms with Crippen LogP contribution in [-0.4, -0.2) is 69.7 Å². The summed E-state index contributed by atoms with van der Waals surface area (Å²) in [6, 6.07) is 7.79. The molecule has 0 N–H and O–H groups in total. The van der Waals surface area contributed by atoms with Gasteiger partial charge in [-0.05, 0) is 64.5 Å². The number of aromatic nitrogens is 3. The number of thiazole rings is 1. The monoisotopic (exact) mass is 563 g/mol. The number of hydrogen-bond acceptors (Lipinski definition) is 9. The molecule has 2 fully saturated rings. The number of likely N-dealkylation sites (tertiary alicyclic amines) is 1. The van der Waals surface area contributed by atoms with E-state index in [1.807, 2.05) is 49.4 Å².